The van der Waals surface area contributed by atoms with Gasteiger partial charge in [0.05, 0.1) is 12.8 Å². The number of hydrogen-bond donors (Lipinski definition) is 1. The van der Waals surface area contributed by atoms with Gasteiger partial charge in [-0.1, -0.05) is 25.1 Å². The maximum Gasteiger partial charge on any atom is 0.265 e. The number of fused-ring (bicyclic) bond motifs is 1. The number of hydrogen-bond acceptors (Lipinski definition) is 3. The second-order valence-electron chi connectivity index (χ2n) is 6.34. The standard InChI is InChI=1S/C21H25NO3/c1-3-19(21(23)22-18-10-6-7-11-20(18)24-2)25-17-13-12-15-8-4-5-9-16(15)14-17/h6-7,10-14,19H,3-5,8-9H2,1-2H3,(H,22,23). The smallest absolute Gasteiger partial charge is 0.265 e. The van der Waals surface area contributed by atoms with E-state index in [0.29, 0.717) is 17.9 Å². The highest BCUT2D eigenvalue weighted by molar-refractivity contribution is 5.95. The molecule has 1 unspecified atom stereocenters. The molecule has 0 saturated carbocycles. The van der Waals surface area contributed by atoms with Crippen molar-refractivity contribution in [3.8, 4) is 11.5 Å². The van der Waals surface area contributed by atoms with Gasteiger partial charge in [0, 0.05) is 0 Å². The molecule has 3 rings (SSSR count). The van der Waals surface area contributed by atoms with E-state index in [4.69, 9.17) is 9.47 Å². The van der Waals surface area contributed by atoms with Crippen molar-refractivity contribution in [3.63, 3.8) is 0 Å². The Kier molecular flexibility index (Phi) is 5.59. The van der Waals surface area contributed by atoms with Crippen LogP contribution >= 0.6 is 0 Å². The van der Waals surface area contributed by atoms with Crippen LogP contribution in [0, 0.1) is 0 Å². The fraction of sp³-hybridized carbons (Fsp3) is 0.381. The Hall–Kier alpha value is -2.49. The number of nitrogens with one attached hydrogen (secondary N) is 1. The summed E-state index contributed by atoms with van der Waals surface area (Å²) in [5, 5.41) is 2.91. The highest BCUT2D eigenvalue weighted by Gasteiger charge is 2.20. The molecule has 4 nitrogen and oxygen atoms in total. The zero-order valence-corrected chi connectivity index (χ0v) is 14.9. The molecule has 1 N–H and O–H groups in total. The molecule has 0 aliphatic heterocycles. The first-order valence-corrected chi connectivity index (χ1v) is 8.93. The lowest BCUT2D eigenvalue weighted by Crippen LogP contribution is -2.32. The molecule has 0 bridgehead atoms. The van der Waals surface area contributed by atoms with Crippen LogP contribution < -0.4 is 14.8 Å². The molecule has 25 heavy (non-hydrogen) atoms. The van der Waals surface area contributed by atoms with Gasteiger partial charge in [0.15, 0.2) is 6.10 Å². The first-order valence-electron chi connectivity index (χ1n) is 8.93. The summed E-state index contributed by atoms with van der Waals surface area (Å²) in [6.07, 6.45) is 4.77. The van der Waals surface area contributed by atoms with Gasteiger partial charge in [-0.3, -0.25) is 4.79 Å². The molecule has 0 heterocycles. The molecular formula is C21H25NO3. The topological polar surface area (TPSA) is 47.6 Å². The Morgan fingerprint density at radius 3 is 2.64 bits per heavy atom. The Balaban J connectivity index is 1.70. The van der Waals surface area contributed by atoms with Crippen molar-refractivity contribution in [2.24, 2.45) is 0 Å². The molecule has 1 atom stereocenters. The second-order valence-corrected chi connectivity index (χ2v) is 6.34. The molecule has 0 spiro atoms. The van der Waals surface area contributed by atoms with Crippen LogP contribution in [0.1, 0.15) is 37.3 Å². The predicted molar refractivity (Wildman–Crippen MR) is 99.4 cm³/mol. The number of benzene rings is 2. The summed E-state index contributed by atoms with van der Waals surface area (Å²) < 4.78 is 11.3. The van der Waals surface area contributed by atoms with Gasteiger partial charge in [-0.25, -0.2) is 0 Å². The first-order chi connectivity index (χ1) is 12.2. The molecule has 1 aliphatic rings. The van der Waals surface area contributed by atoms with Crippen molar-refractivity contribution in [2.75, 3.05) is 12.4 Å². The van der Waals surface area contributed by atoms with E-state index in [1.807, 2.05) is 37.3 Å². The summed E-state index contributed by atoms with van der Waals surface area (Å²) in [5.74, 6) is 1.24. The predicted octanol–water partition coefficient (Wildman–Crippen LogP) is 4.37. The number of rotatable bonds is 6. The normalized spacial score (nSPS) is 14.3. The molecule has 1 amide bonds. The number of para-hydroxylation sites is 2. The monoisotopic (exact) mass is 339 g/mol. The molecule has 132 valence electrons. The van der Waals surface area contributed by atoms with Gasteiger partial charge in [-0.05, 0) is 67.5 Å². The van der Waals surface area contributed by atoms with Crippen molar-refractivity contribution in [1.29, 1.82) is 0 Å². The fourth-order valence-corrected chi connectivity index (χ4v) is 3.23. The molecule has 0 fully saturated rings. The van der Waals surface area contributed by atoms with E-state index >= 15 is 0 Å². The number of amides is 1. The lowest BCUT2D eigenvalue weighted by Gasteiger charge is -2.21. The minimum absolute atomic E-state index is 0.162. The summed E-state index contributed by atoms with van der Waals surface area (Å²) in [6.45, 7) is 1.95. The van der Waals surface area contributed by atoms with Crippen molar-refractivity contribution in [3.05, 3.63) is 53.6 Å². The van der Waals surface area contributed by atoms with E-state index in [-0.39, 0.29) is 5.91 Å². The zero-order chi connectivity index (χ0) is 17.6. The van der Waals surface area contributed by atoms with Crippen LogP contribution in [0.4, 0.5) is 5.69 Å². The molecule has 0 aromatic heterocycles. The SMILES string of the molecule is CCC(Oc1ccc2c(c1)CCCC2)C(=O)Nc1ccccc1OC. The minimum Gasteiger partial charge on any atom is -0.495 e. The Morgan fingerprint density at radius 1 is 1.12 bits per heavy atom. The van der Waals surface area contributed by atoms with E-state index in [1.165, 1.54) is 24.0 Å². The van der Waals surface area contributed by atoms with Crippen molar-refractivity contribution in [1.82, 2.24) is 0 Å². The number of ether oxygens (including phenoxy) is 2. The quantitative estimate of drug-likeness (QED) is 0.850. The summed E-state index contributed by atoms with van der Waals surface area (Å²) in [4.78, 5) is 12.6. The molecular weight excluding hydrogens is 314 g/mol. The largest absolute Gasteiger partial charge is 0.495 e. The summed E-state index contributed by atoms with van der Waals surface area (Å²) in [5.41, 5.74) is 3.41. The highest BCUT2D eigenvalue weighted by Crippen LogP contribution is 2.27. The van der Waals surface area contributed by atoms with Crippen LogP contribution in [-0.4, -0.2) is 19.1 Å². The number of methoxy groups -OCH3 is 1. The Morgan fingerprint density at radius 2 is 1.88 bits per heavy atom. The van der Waals surface area contributed by atoms with Crippen LogP contribution in [0.2, 0.25) is 0 Å². The van der Waals surface area contributed by atoms with Crippen LogP contribution in [0.5, 0.6) is 11.5 Å². The van der Waals surface area contributed by atoms with Gasteiger partial charge in [0.1, 0.15) is 11.5 Å². The molecule has 2 aromatic rings. The average Bonchev–Trinajstić information content (AvgIpc) is 2.66. The molecule has 0 saturated heterocycles. The van der Waals surface area contributed by atoms with Gasteiger partial charge in [-0.15, -0.1) is 0 Å². The number of carbonyl (C=O) groups excluding carboxylic acids is 1. The fourth-order valence-electron chi connectivity index (χ4n) is 3.23. The summed E-state index contributed by atoms with van der Waals surface area (Å²) >= 11 is 0. The van der Waals surface area contributed by atoms with Crippen molar-refractivity contribution < 1.29 is 14.3 Å². The zero-order valence-electron chi connectivity index (χ0n) is 14.9. The molecule has 0 radical (unpaired) electrons. The van der Waals surface area contributed by atoms with Gasteiger partial charge in [0.2, 0.25) is 0 Å². The van der Waals surface area contributed by atoms with E-state index in [9.17, 15) is 4.79 Å². The van der Waals surface area contributed by atoms with Crippen LogP contribution in [0.15, 0.2) is 42.5 Å². The van der Waals surface area contributed by atoms with E-state index in [0.717, 1.165) is 18.6 Å². The Labute approximate surface area is 149 Å². The number of anilines is 1. The van der Waals surface area contributed by atoms with Crippen LogP contribution in [0.25, 0.3) is 0 Å². The van der Waals surface area contributed by atoms with Gasteiger partial charge >= 0.3 is 0 Å². The highest BCUT2D eigenvalue weighted by atomic mass is 16.5. The lowest BCUT2D eigenvalue weighted by molar-refractivity contribution is -0.122. The van der Waals surface area contributed by atoms with Crippen LogP contribution in [0.3, 0.4) is 0 Å². The number of aryl methyl sites for hydroxylation is 2. The third kappa shape index (κ3) is 4.13. The van der Waals surface area contributed by atoms with E-state index in [1.54, 1.807) is 7.11 Å². The maximum atomic E-state index is 12.6. The number of carbonyl (C=O) groups is 1. The second kappa shape index (κ2) is 8.06. The summed E-state index contributed by atoms with van der Waals surface area (Å²) in [6, 6.07) is 13.6. The van der Waals surface area contributed by atoms with Crippen LogP contribution in [-0.2, 0) is 17.6 Å². The van der Waals surface area contributed by atoms with Crippen molar-refractivity contribution in [2.45, 2.75) is 45.1 Å². The van der Waals surface area contributed by atoms with Gasteiger partial charge in [-0.2, -0.15) is 0 Å². The van der Waals surface area contributed by atoms with Crippen molar-refractivity contribution >= 4 is 11.6 Å². The first kappa shape index (κ1) is 17.3. The van der Waals surface area contributed by atoms with Gasteiger partial charge < -0.3 is 14.8 Å². The average molecular weight is 339 g/mol. The van der Waals surface area contributed by atoms with Gasteiger partial charge in [0.25, 0.3) is 5.91 Å². The van der Waals surface area contributed by atoms with E-state index in [2.05, 4.69) is 17.4 Å². The molecule has 1 aliphatic carbocycles. The lowest BCUT2D eigenvalue weighted by atomic mass is 9.92. The van der Waals surface area contributed by atoms with E-state index < -0.39 is 6.10 Å². The third-order valence-corrected chi connectivity index (χ3v) is 4.63. The summed E-state index contributed by atoms with van der Waals surface area (Å²) in [7, 11) is 1.59. The third-order valence-electron chi connectivity index (χ3n) is 4.63. The maximum absolute atomic E-state index is 12.6. The Bertz CT molecular complexity index is 742. The molecule has 4 heteroatoms. The molecule has 2 aromatic carbocycles. The minimum atomic E-state index is -0.536.